The molecule has 0 bridgehead atoms. The molecule has 5 heteroatoms. The van der Waals surface area contributed by atoms with Gasteiger partial charge in [-0.05, 0) is 43.5 Å². The van der Waals surface area contributed by atoms with Crippen molar-refractivity contribution in [1.29, 1.82) is 0 Å². The summed E-state index contributed by atoms with van der Waals surface area (Å²) in [5.41, 5.74) is 4.46. The van der Waals surface area contributed by atoms with Crippen molar-refractivity contribution in [2.75, 3.05) is 18.1 Å². The first kappa shape index (κ1) is 19.8. The van der Waals surface area contributed by atoms with Crippen LogP contribution in [-0.2, 0) is 20.7 Å². The van der Waals surface area contributed by atoms with Crippen LogP contribution in [0.25, 0.3) is 0 Å². The zero-order valence-corrected chi connectivity index (χ0v) is 16.5. The predicted octanol–water partition coefficient (Wildman–Crippen LogP) is 3.64. The van der Waals surface area contributed by atoms with E-state index in [9.17, 15) is 14.4 Å². The Bertz CT molecular complexity index is 901. The molecular formula is C23H25NO4. The van der Waals surface area contributed by atoms with Crippen LogP contribution in [-0.4, -0.2) is 30.8 Å². The molecule has 1 amide bonds. The summed E-state index contributed by atoms with van der Waals surface area (Å²) in [6.07, 6.45) is 1.03. The summed E-state index contributed by atoms with van der Waals surface area (Å²) in [7, 11) is 0. The highest BCUT2D eigenvalue weighted by Crippen LogP contribution is 2.26. The molecule has 0 N–H and O–H groups in total. The van der Waals surface area contributed by atoms with Crippen molar-refractivity contribution in [3.8, 4) is 0 Å². The Morgan fingerprint density at radius 2 is 1.82 bits per heavy atom. The number of benzene rings is 2. The van der Waals surface area contributed by atoms with Crippen molar-refractivity contribution in [2.45, 2.75) is 33.6 Å². The average Bonchev–Trinajstić information content (AvgIpc) is 3.07. The smallest absolute Gasteiger partial charge is 0.311 e. The molecule has 1 saturated heterocycles. The van der Waals surface area contributed by atoms with Crippen LogP contribution in [0.3, 0.4) is 0 Å². The molecule has 1 atom stereocenters. The van der Waals surface area contributed by atoms with E-state index in [1.807, 2.05) is 50.2 Å². The van der Waals surface area contributed by atoms with E-state index in [1.54, 1.807) is 11.0 Å². The molecule has 146 valence electrons. The number of esters is 1. The Hall–Kier alpha value is -2.95. The third kappa shape index (κ3) is 4.30. The average molecular weight is 379 g/mol. The molecule has 1 unspecified atom stereocenters. The minimum absolute atomic E-state index is 0.103. The van der Waals surface area contributed by atoms with Crippen molar-refractivity contribution in [1.82, 2.24) is 0 Å². The van der Waals surface area contributed by atoms with Gasteiger partial charge in [0.05, 0.1) is 5.92 Å². The first-order chi connectivity index (χ1) is 13.4. The summed E-state index contributed by atoms with van der Waals surface area (Å²) in [4.78, 5) is 38.7. The van der Waals surface area contributed by atoms with Gasteiger partial charge >= 0.3 is 5.97 Å². The molecular weight excluding hydrogens is 354 g/mol. The van der Waals surface area contributed by atoms with Gasteiger partial charge in [-0.1, -0.05) is 42.8 Å². The predicted molar refractivity (Wildman–Crippen MR) is 107 cm³/mol. The lowest BCUT2D eigenvalue weighted by atomic mass is 10.0. The van der Waals surface area contributed by atoms with E-state index in [2.05, 4.69) is 6.92 Å². The van der Waals surface area contributed by atoms with Gasteiger partial charge in [0.2, 0.25) is 11.7 Å². The van der Waals surface area contributed by atoms with E-state index < -0.39 is 11.9 Å². The zero-order chi connectivity index (χ0) is 20.3. The quantitative estimate of drug-likeness (QED) is 0.568. The maximum atomic E-state index is 12.4. The summed E-state index contributed by atoms with van der Waals surface area (Å²) < 4.78 is 5.23. The second kappa shape index (κ2) is 8.38. The maximum Gasteiger partial charge on any atom is 0.311 e. The van der Waals surface area contributed by atoms with Gasteiger partial charge in [0, 0.05) is 24.2 Å². The van der Waals surface area contributed by atoms with Crippen molar-refractivity contribution in [2.24, 2.45) is 5.92 Å². The Labute approximate surface area is 165 Å². The van der Waals surface area contributed by atoms with E-state index in [1.165, 1.54) is 5.56 Å². The van der Waals surface area contributed by atoms with Crippen LogP contribution in [0.2, 0.25) is 0 Å². The zero-order valence-electron chi connectivity index (χ0n) is 16.5. The molecule has 1 fully saturated rings. The third-order valence-corrected chi connectivity index (χ3v) is 5.14. The lowest BCUT2D eigenvalue weighted by molar-refractivity contribution is -0.147. The summed E-state index contributed by atoms with van der Waals surface area (Å²) in [5, 5.41) is 0. The van der Waals surface area contributed by atoms with Crippen molar-refractivity contribution < 1.29 is 19.1 Å². The molecule has 1 aliphatic rings. The highest BCUT2D eigenvalue weighted by molar-refractivity contribution is 6.01. The van der Waals surface area contributed by atoms with E-state index in [0.29, 0.717) is 5.56 Å². The second-order valence-corrected chi connectivity index (χ2v) is 7.27. The molecule has 28 heavy (non-hydrogen) atoms. The van der Waals surface area contributed by atoms with Crippen LogP contribution in [0.4, 0.5) is 5.69 Å². The molecule has 2 aromatic rings. The molecule has 0 radical (unpaired) electrons. The Kier molecular flexibility index (Phi) is 5.93. The maximum absolute atomic E-state index is 12.4. The molecule has 1 heterocycles. The normalized spacial score (nSPS) is 16.3. The fraction of sp³-hybridized carbons (Fsp3) is 0.348. The lowest BCUT2D eigenvalue weighted by Crippen LogP contribution is -2.27. The Morgan fingerprint density at radius 3 is 2.46 bits per heavy atom. The number of ether oxygens (including phenoxy) is 1. The van der Waals surface area contributed by atoms with Crippen LogP contribution in [0.15, 0.2) is 42.5 Å². The molecule has 0 aliphatic carbocycles. The number of rotatable bonds is 6. The molecule has 5 nitrogen and oxygen atoms in total. The largest absolute Gasteiger partial charge is 0.457 e. The summed E-state index contributed by atoms with van der Waals surface area (Å²) in [5.74, 6) is -1.39. The van der Waals surface area contributed by atoms with E-state index in [0.717, 1.165) is 23.2 Å². The van der Waals surface area contributed by atoms with Gasteiger partial charge in [-0.3, -0.25) is 14.4 Å². The Morgan fingerprint density at radius 1 is 1.11 bits per heavy atom. The molecule has 3 rings (SSSR count). The minimum Gasteiger partial charge on any atom is -0.457 e. The standard InChI is InChI=1S/C23H25NO4/c1-4-17-6-8-19(9-7-17)24-13-18(12-22(24)26)23(27)28-14-21(25)20-10-5-15(2)11-16(20)3/h5-11,18H,4,12-14H2,1-3H3. The monoisotopic (exact) mass is 379 g/mol. The van der Waals surface area contributed by atoms with Gasteiger partial charge < -0.3 is 9.64 Å². The SMILES string of the molecule is CCc1ccc(N2CC(C(=O)OCC(=O)c3ccc(C)cc3C)CC2=O)cc1. The highest BCUT2D eigenvalue weighted by atomic mass is 16.5. The molecule has 1 aliphatic heterocycles. The summed E-state index contributed by atoms with van der Waals surface area (Å²) >= 11 is 0. The van der Waals surface area contributed by atoms with Crippen molar-refractivity contribution in [3.05, 3.63) is 64.7 Å². The van der Waals surface area contributed by atoms with Gasteiger partial charge in [0.25, 0.3) is 0 Å². The van der Waals surface area contributed by atoms with Crippen LogP contribution in [0.5, 0.6) is 0 Å². The third-order valence-electron chi connectivity index (χ3n) is 5.14. The van der Waals surface area contributed by atoms with Crippen LogP contribution in [0.1, 0.15) is 40.4 Å². The number of anilines is 1. The van der Waals surface area contributed by atoms with Crippen molar-refractivity contribution in [3.63, 3.8) is 0 Å². The van der Waals surface area contributed by atoms with E-state index >= 15 is 0 Å². The lowest BCUT2D eigenvalue weighted by Gasteiger charge is -2.17. The number of carbonyl (C=O) groups excluding carboxylic acids is 3. The molecule has 0 spiro atoms. The number of Topliss-reactive ketones (excluding diaryl/α,β-unsaturated/α-hetero) is 1. The van der Waals surface area contributed by atoms with Crippen molar-refractivity contribution >= 4 is 23.3 Å². The summed E-state index contributed by atoms with van der Waals surface area (Å²) in [6, 6.07) is 13.3. The second-order valence-electron chi connectivity index (χ2n) is 7.27. The van der Waals surface area contributed by atoms with Gasteiger partial charge in [-0.2, -0.15) is 0 Å². The van der Waals surface area contributed by atoms with Gasteiger partial charge in [0.1, 0.15) is 0 Å². The fourth-order valence-corrected chi connectivity index (χ4v) is 3.49. The number of aryl methyl sites for hydroxylation is 3. The molecule has 0 aromatic heterocycles. The van der Waals surface area contributed by atoms with Gasteiger partial charge in [-0.15, -0.1) is 0 Å². The number of nitrogens with zero attached hydrogens (tertiary/aromatic N) is 1. The summed E-state index contributed by atoms with van der Waals surface area (Å²) in [6.45, 7) is 5.86. The number of amides is 1. The van der Waals surface area contributed by atoms with Crippen LogP contribution < -0.4 is 4.90 Å². The number of carbonyl (C=O) groups is 3. The number of hydrogen-bond donors (Lipinski definition) is 0. The highest BCUT2D eigenvalue weighted by Gasteiger charge is 2.36. The van der Waals surface area contributed by atoms with Crippen LogP contribution >= 0.6 is 0 Å². The first-order valence-corrected chi connectivity index (χ1v) is 9.55. The van der Waals surface area contributed by atoms with Gasteiger partial charge in [0.15, 0.2) is 6.61 Å². The molecule has 0 saturated carbocycles. The van der Waals surface area contributed by atoms with E-state index in [4.69, 9.17) is 4.74 Å². The van der Waals surface area contributed by atoms with E-state index in [-0.39, 0.29) is 31.3 Å². The fourth-order valence-electron chi connectivity index (χ4n) is 3.49. The Balaban J connectivity index is 1.59. The topological polar surface area (TPSA) is 63.7 Å². The molecule has 2 aromatic carbocycles. The van der Waals surface area contributed by atoms with Crippen LogP contribution in [0, 0.1) is 19.8 Å². The van der Waals surface area contributed by atoms with Gasteiger partial charge in [-0.25, -0.2) is 0 Å². The first-order valence-electron chi connectivity index (χ1n) is 9.55. The number of hydrogen-bond acceptors (Lipinski definition) is 4. The minimum atomic E-state index is -0.551. The number of ketones is 1.